The van der Waals surface area contributed by atoms with Gasteiger partial charge in [0.05, 0.1) is 5.69 Å². The smallest absolute Gasteiger partial charge is 0.320 e. The van der Waals surface area contributed by atoms with E-state index in [-0.39, 0.29) is 6.10 Å². The van der Waals surface area contributed by atoms with Gasteiger partial charge in [0.1, 0.15) is 12.1 Å². The lowest BCUT2D eigenvalue weighted by Gasteiger charge is -2.12. The van der Waals surface area contributed by atoms with E-state index in [9.17, 15) is 4.79 Å². The molecule has 1 aromatic rings. The van der Waals surface area contributed by atoms with Crippen LogP contribution < -0.4 is 10.1 Å². The maximum absolute atomic E-state index is 10.7. The molecule has 86 valence electrons. The fourth-order valence-electron chi connectivity index (χ4n) is 1.65. The minimum absolute atomic E-state index is 0.156. The van der Waals surface area contributed by atoms with Gasteiger partial charge in [-0.2, -0.15) is 0 Å². The van der Waals surface area contributed by atoms with E-state index in [0.29, 0.717) is 24.5 Å². The van der Waals surface area contributed by atoms with Crippen molar-refractivity contribution in [2.24, 2.45) is 0 Å². The van der Waals surface area contributed by atoms with Crippen LogP contribution in [0.2, 0.25) is 0 Å². The molecule has 16 heavy (non-hydrogen) atoms. The molecule has 2 heterocycles. The molecule has 0 radical (unpaired) electrons. The summed E-state index contributed by atoms with van der Waals surface area (Å²) in [6.45, 7) is 2.33. The second-order valence-corrected chi connectivity index (χ2v) is 3.72. The summed E-state index contributed by atoms with van der Waals surface area (Å²) in [6, 6.07) is -0.526. The van der Waals surface area contributed by atoms with Crippen molar-refractivity contribution in [3.8, 4) is 5.88 Å². The summed E-state index contributed by atoms with van der Waals surface area (Å²) >= 11 is 0. The molecule has 1 aliphatic rings. The molecule has 0 aliphatic carbocycles. The Kier molecular flexibility index (Phi) is 3.00. The Hall–Kier alpha value is -1.69. The molecule has 2 atom stereocenters. The van der Waals surface area contributed by atoms with Crippen LogP contribution in [-0.4, -0.2) is 39.7 Å². The second kappa shape index (κ2) is 4.44. The van der Waals surface area contributed by atoms with Gasteiger partial charge in [-0.05, 0) is 6.92 Å². The molecule has 1 aliphatic heterocycles. The van der Waals surface area contributed by atoms with Crippen molar-refractivity contribution in [2.45, 2.75) is 25.5 Å². The Labute approximate surface area is 92.7 Å². The van der Waals surface area contributed by atoms with Crippen LogP contribution >= 0.6 is 0 Å². The van der Waals surface area contributed by atoms with Crippen LogP contribution in [0.3, 0.4) is 0 Å². The summed E-state index contributed by atoms with van der Waals surface area (Å²) in [5.74, 6) is -0.373. The monoisotopic (exact) mass is 223 g/mol. The Morgan fingerprint density at radius 2 is 2.31 bits per heavy atom. The first kappa shape index (κ1) is 10.8. The number of aromatic nitrogens is 2. The average Bonchev–Trinajstić information content (AvgIpc) is 2.70. The summed E-state index contributed by atoms with van der Waals surface area (Å²) in [5, 5.41) is 11.7. The minimum atomic E-state index is -0.845. The maximum atomic E-state index is 10.7. The van der Waals surface area contributed by atoms with Gasteiger partial charge in [-0.15, -0.1) is 0 Å². The Morgan fingerprint density at radius 1 is 1.56 bits per heavy atom. The first-order valence-corrected chi connectivity index (χ1v) is 5.07. The van der Waals surface area contributed by atoms with E-state index >= 15 is 0 Å². The molecule has 2 rings (SSSR count). The first-order valence-electron chi connectivity index (χ1n) is 5.07. The highest BCUT2D eigenvalue weighted by atomic mass is 16.5. The van der Waals surface area contributed by atoms with Crippen molar-refractivity contribution in [3.05, 3.63) is 18.1 Å². The van der Waals surface area contributed by atoms with E-state index in [4.69, 9.17) is 9.84 Å². The van der Waals surface area contributed by atoms with Gasteiger partial charge in [0, 0.05) is 25.4 Å². The van der Waals surface area contributed by atoms with Crippen molar-refractivity contribution >= 4 is 5.97 Å². The van der Waals surface area contributed by atoms with Crippen LogP contribution in [0.1, 0.15) is 12.1 Å². The summed E-state index contributed by atoms with van der Waals surface area (Å²) in [5.41, 5.74) is 0.710. The largest absolute Gasteiger partial charge is 0.480 e. The van der Waals surface area contributed by atoms with E-state index in [1.165, 1.54) is 0 Å². The molecule has 0 saturated carbocycles. The topological polar surface area (TPSA) is 84.3 Å². The van der Waals surface area contributed by atoms with E-state index in [0.717, 1.165) is 0 Å². The fraction of sp³-hybridized carbons (Fsp3) is 0.500. The molecule has 6 heteroatoms. The van der Waals surface area contributed by atoms with Gasteiger partial charge in [-0.1, -0.05) is 0 Å². The highest BCUT2D eigenvalue weighted by molar-refractivity contribution is 5.73. The number of rotatable bonds is 3. The second-order valence-electron chi connectivity index (χ2n) is 3.72. The van der Waals surface area contributed by atoms with Gasteiger partial charge >= 0.3 is 5.97 Å². The number of carbonyl (C=O) groups is 1. The molecular weight excluding hydrogens is 210 g/mol. The number of nitrogens with zero attached hydrogens (tertiary/aromatic N) is 2. The van der Waals surface area contributed by atoms with Gasteiger partial charge in [0.15, 0.2) is 0 Å². The molecule has 6 nitrogen and oxygen atoms in total. The van der Waals surface area contributed by atoms with Crippen LogP contribution in [-0.2, 0) is 4.79 Å². The molecule has 1 fully saturated rings. The molecule has 0 spiro atoms. The quantitative estimate of drug-likeness (QED) is 0.749. The average molecular weight is 223 g/mol. The number of aryl methyl sites for hydroxylation is 1. The van der Waals surface area contributed by atoms with Gasteiger partial charge < -0.3 is 15.2 Å². The number of hydrogen-bond donors (Lipinski definition) is 2. The van der Waals surface area contributed by atoms with Gasteiger partial charge in [0.25, 0.3) is 0 Å². The van der Waals surface area contributed by atoms with E-state index < -0.39 is 12.0 Å². The molecular formula is C10H13N3O3. The van der Waals surface area contributed by atoms with E-state index in [2.05, 4.69) is 15.3 Å². The molecule has 0 amide bonds. The molecule has 0 aromatic carbocycles. The zero-order valence-corrected chi connectivity index (χ0v) is 8.88. The predicted molar refractivity (Wildman–Crippen MR) is 55.2 cm³/mol. The Morgan fingerprint density at radius 3 is 2.94 bits per heavy atom. The van der Waals surface area contributed by atoms with Crippen LogP contribution in [0.15, 0.2) is 12.4 Å². The zero-order valence-electron chi connectivity index (χ0n) is 8.88. The molecule has 1 saturated heterocycles. The molecule has 1 aromatic heterocycles. The number of carboxylic acid groups (broad SMARTS) is 1. The fourth-order valence-corrected chi connectivity index (χ4v) is 1.65. The number of carboxylic acids is 1. The standard InChI is InChI=1S/C10H13N3O3/c1-6-9(12-3-2-11-6)16-7-4-8(10(14)15)13-5-7/h2-3,7-8,13H,4-5H2,1H3,(H,14,15). The third kappa shape index (κ3) is 2.27. The SMILES string of the molecule is Cc1nccnc1OC1CNC(C(=O)O)C1. The van der Waals surface area contributed by atoms with Crippen molar-refractivity contribution in [1.29, 1.82) is 0 Å². The minimum Gasteiger partial charge on any atom is -0.480 e. The predicted octanol–water partition coefficient (Wildman–Crippen LogP) is -0.0211. The van der Waals surface area contributed by atoms with Crippen LogP contribution in [0.25, 0.3) is 0 Å². The lowest BCUT2D eigenvalue weighted by Crippen LogP contribution is -2.30. The lowest BCUT2D eigenvalue weighted by molar-refractivity contribution is -0.139. The van der Waals surface area contributed by atoms with Gasteiger partial charge in [-0.25, -0.2) is 4.98 Å². The number of nitrogens with one attached hydrogen (secondary N) is 1. The number of hydrogen-bond acceptors (Lipinski definition) is 5. The summed E-state index contributed by atoms with van der Waals surface area (Å²) in [7, 11) is 0. The van der Waals surface area contributed by atoms with Gasteiger partial charge in [0.2, 0.25) is 5.88 Å². The zero-order chi connectivity index (χ0) is 11.5. The van der Waals surface area contributed by atoms with Crippen molar-refractivity contribution in [3.63, 3.8) is 0 Å². The maximum Gasteiger partial charge on any atom is 0.320 e. The third-order valence-electron chi connectivity index (χ3n) is 2.50. The van der Waals surface area contributed by atoms with Crippen molar-refractivity contribution in [1.82, 2.24) is 15.3 Å². The van der Waals surface area contributed by atoms with Crippen molar-refractivity contribution in [2.75, 3.05) is 6.54 Å². The Bertz CT molecular complexity index is 397. The molecule has 2 N–H and O–H groups in total. The Balaban J connectivity index is 1.97. The number of aliphatic carboxylic acids is 1. The lowest BCUT2D eigenvalue weighted by atomic mass is 10.2. The van der Waals surface area contributed by atoms with E-state index in [1.807, 2.05) is 0 Å². The van der Waals surface area contributed by atoms with E-state index in [1.54, 1.807) is 19.3 Å². The summed E-state index contributed by atoms with van der Waals surface area (Å²) in [6.07, 6.45) is 3.44. The van der Waals surface area contributed by atoms with Crippen LogP contribution in [0.5, 0.6) is 5.88 Å². The van der Waals surface area contributed by atoms with Crippen LogP contribution in [0.4, 0.5) is 0 Å². The first-order chi connectivity index (χ1) is 7.66. The molecule has 2 unspecified atom stereocenters. The summed E-state index contributed by atoms with van der Waals surface area (Å²) in [4.78, 5) is 18.8. The van der Waals surface area contributed by atoms with Crippen LogP contribution in [0, 0.1) is 6.92 Å². The van der Waals surface area contributed by atoms with Crippen molar-refractivity contribution < 1.29 is 14.6 Å². The normalized spacial score (nSPS) is 24.3. The highest BCUT2D eigenvalue weighted by Crippen LogP contribution is 2.16. The third-order valence-corrected chi connectivity index (χ3v) is 2.50. The molecule has 0 bridgehead atoms. The number of ether oxygens (including phenoxy) is 1. The van der Waals surface area contributed by atoms with Gasteiger partial charge in [-0.3, -0.25) is 9.78 Å². The summed E-state index contributed by atoms with van der Waals surface area (Å²) < 4.78 is 5.59. The highest BCUT2D eigenvalue weighted by Gasteiger charge is 2.30.